The average Bonchev–Trinajstić information content (AvgIpc) is 2.79. The van der Waals surface area contributed by atoms with E-state index in [1.54, 1.807) is 6.92 Å². The highest BCUT2D eigenvalue weighted by molar-refractivity contribution is 6.32. The van der Waals surface area contributed by atoms with E-state index in [1.807, 2.05) is 0 Å². The van der Waals surface area contributed by atoms with Crippen molar-refractivity contribution in [3.05, 3.63) is 75.1 Å². The van der Waals surface area contributed by atoms with E-state index >= 15 is 0 Å². The molecule has 0 spiro atoms. The Hall–Kier alpha value is -3.40. The highest BCUT2D eigenvalue weighted by Crippen LogP contribution is 2.31. The van der Waals surface area contributed by atoms with Gasteiger partial charge in [-0.25, -0.2) is 18.7 Å². The van der Waals surface area contributed by atoms with Crippen molar-refractivity contribution in [1.82, 2.24) is 9.97 Å². The van der Waals surface area contributed by atoms with Crippen molar-refractivity contribution in [3.8, 4) is 17.5 Å². The number of ketones is 1. The third kappa shape index (κ3) is 4.18. The van der Waals surface area contributed by atoms with Gasteiger partial charge in [0.05, 0.1) is 30.4 Å². The van der Waals surface area contributed by atoms with Gasteiger partial charge in [-0.05, 0) is 18.6 Å². The monoisotopic (exact) mass is 470 g/mol. The highest BCUT2D eigenvalue weighted by atomic mass is 35.5. The summed E-state index contributed by atoms with van der Waals surface area (Å²) in [6, 6.07) is 4.06. The fourth-order valence-corrected chi connectivity index (χ4v) is 2.98. The second kappa shape index (κ2) is 9.39. The Labute approximate surface area is 184 Å². The summed E-state index contributed by atoms with van der Waals surface area (Å²) in [5.74, 6) is -8.71. The summed E-state index contributed by atoms with van der Waals surface area (Å²) in [5.41, 5.74) is -0.636. The molecule has 0 saturated carbocycles. The normalized spacial score (nSPS) is 10.8. The Morgan fingerprint density at radius 3 is 2.28 bits per heavy atom. The molecule has 11 heteroatoms. The minimum atomic E-state index is -1.70. The van der Waals surface area contributed by atoms with Crippen LogP contribution in [0.5, 0.6) is 17.5 Å². The summed E-state index contributed by atoms with van der Waals surface area (Å²) in [4.78, 5) is 20.9. The summed E-state index contributed by atoms with van der Waals surface area (Å²) in [6.07, 6.45) is 1.33. The topological polar surface area (TPSA) is 70.5 Å². The Kier molecular flexibility index (Phi) is 6.83. The van der Waals surface area contributed by atoms with E-state index < -0.39 is 47.0 Å². The number of carbonyl (C=O) groups excluding carboxylic acids is 1. The van der Waals surface area contributed by atoms with Crippen molar-refractivity contribution in [3.63, 3.8) is 0 Å². The van der Waals surface area contributed by atoms with Crippen LogP contribution in [0.3, 0.4) is 0 Å². The number of pyridine rings is 2. The van der Waals surface area contributed by atoms with Crippen molar-refractivity contribution >= 4 is 17.4 Å². The SMILES string of the molecule is COc1ncc(Cl)c(C)c1C(=O)c1cccc(OCc2c(F)c(F)c(OC)c(F)c2F)n1. The standard InChI is InChI=1S/C21H15ClF4N2O4/c1-9-11(22)7-27-21(31-3)14(9)19(29)12-5-4-6-13(28-12)32-8-10-15(23)17(25)20(30-2)18(26)16(10)24/h4-7H,8H2,1-3H3. The second-order valence-electron chi connectivity index (χ2n) is 6.36. The fourth-order valence-electron chi connectivity index (χ4n) is 2.84. The molecule has 32 heavy (non-hydrogen) atoms. The van der Waals surface area contributed by atoms with E-state index in [2.05, 4.69) is 14.7 Å². The van der Waals surface area contributed by atoms with Crippen LogP contribution in [0.1, 0.15) is 27.2 Å². The van der Waals surface area contributed by atoms with Crippen LogP contribution in [0.4, 0.5) is 17.6 Å². The Morgan fingerprint density at radius 1 is 1.03 bits per heavy atom. The lowest BCUT2D eigenvalue weighted by Gasteiger charge is -2.13. The molecule has 0 aliphatic heterocycles. The molecule has 2 aromatic heterocycles. The van der Waals surface area contributed by atoms with Crippen LogP contribution in [0, 0.1) is 30.2 Å². The summed E-state index contributed by atoms with van der Waals surface area (Å²) >= 11 is 6.04. The maximum atomic E-state index is 14.1. The number of nitrogens with zero attached hydrogens (tertiary/aromatic N) is 2. The zero-order valence-electron chi connectivity index (χ0n) is 16.9. The third-order valence-corrected chi connectivity index (χ3v) is 4.88. The lowest BCUT2D eigenvalue weighted by molar-refractivity contribution is 0.102. The van der Waals surface area contributed by atoms with Crippen LogP contribution in [0.25, 0.3) is 0 Å². The van der Waals surface area contributed by atoms with Crippen LogP contribution in [0.2, 0.25) is 5.02 Å². The third-order valence-electron chi connectivity index (χ3n) is 4.50. The number of carbonyl (C=O) groups is 1. The van der Waals surface area contributed by atoms with Gasteiger partial charge in [0.2, 0.25) is 29.2 Å². The molecular formula is C21H15ClF4N2O4. The van der Waals surface area contributed by atoms with Crippen molar-refractivity contribution < 1.29 is 36.6 Å². The lowest BCUT2D eigenvalue weighted by Crippen LogP contribution is -2.12. The number of benzene rings is 1. The summed E-state index contributed by atoms with van der Waals surface area (Å²) in [5, 5.41) is 0.232. The van der Waals surface area contributed by atoms with E-state index in [0.717, 1.165) is 7.11 Å². The van der Waals surface area contributed by atoms with Crippen LogP contribution >= 0.6 is 11.6 Å². The summed E-state index contributed by atoms with van der Waals surface area (Å²) in [7, 11) is 2.20. The molecule has 168 valence electrons. The van der Waals surface area contributed by atoms with Crippen molar-refractivity contribution in [2.24, 2.45) is 0 Å². The molecule has 0 aliphatic carbocycles. The fraction of sp³-hybridized carbons (Fsp3) is 0.190. The Morgan fingerprint density at radius 2 is 1.69 bits per heavy atom. The van der Waals surface area contributed by atoms with E-state index in [4.69, 9.17) is 21.1 Å². The summed E-state index contributed by atoms with van der Waals surface area (Å²) < 4.78 is 70.7. The first kappa shape index (κ1) is 23.3. The van der Waals surface area contributed by atoms with Gasteiger partial charge in [-0.15, -0.1) is 0 Å². The largest absolute Gasteiger partial charge is 0.491 e. The predicted molar refractivity (Wildman–Crippen MR) is 105 cm³/mol. The molecule has 0 radical (unpaired) electrons. The van der Waals surface area contributed by atoms with Crippen LogP contribution in [-0.2, 0) is 6.61 Å². The molecular weight excluding hydrogens is 456 g/mol. The van der Waals surface area contributed by atoms with E-state index in [9.17, 15) is 22.4 Å². The Balaban J connectivity index is 1.91. The van der Waals surface area contributed by atoms with Crippen LogP contribution in [0.15, 0.2) is 24.4 Å². The van der Waals surface area contributed by atoms with Gasteiger partial charge in [0, 0.05) is 12.3 Å². The van der Waals surface area contributed by atoms with Crippen LogP contribution in [-0.4, -0.2) is 30.0 Å². The van der Waals surface area contributed by atoms with Gasteiger partial charge >= 0.3 is 0 Å². The number of methoxy groups -OCH3 is 2. The van der Waals surface area contributed by atoms with Crippen molar-refractivity contribution in [2.75, 3.05) is 14.2 Å². The predicted octanol–water partition coefficient (Wildman–Crippen LogP) is 4.82. The molecule has 0 amide bonds. The van der Waals surface area contributed by atoms with Gasteiger partial charge in [0.25, 0.3) is 0 Å². The quantitative estimate of drug-likeness (QED) is 0.280. The van der Waals surface area contributed by atoms with Gasteiger partial charge in [-0.2, -0.15) is 8.78 Å². The minimum absolute atomic E-state index is 0.0262. The van der Waals surface area contributed by atoms with Gasteiger partial charge in [0.15, 0.2) is 17.4 Å². The smallest absolute Gasteiger partial charge is 0.224 e. The van der Waals surface area contributed by atoms with Gasteiger partial charge in [0.1, 0.15) is 12.3 Å². The average molecular weight is 471 g/mol. The first-order valence-corrected chi connectivity index (χ1v) is 9.31. The number of halogens is 5. The number of rotatable bonds is 7. The maximum absolute atomic E-state index is 14.1. The van der Waals surface area contributed by atoms with E-state index in [0.29, 0.717) is 5.56 Å². The van der Waals surface area contributed by atoms with Gasteiger partial charge in [-0.3, -0.25) is 4.79 Å². The second-order valence-corrected chi connectivity index (χ2v) is 6.77. The van der Waals surface area contributed by atoms with E-state index in [-0.39, 0.29) is 28.0 Å². The lowest BCUT2D eigenvalue weighted by atomic mass is 10.0. The molecule has 0 N–H and O–H groups in total. The first-order valence-electron chi connectivity index (χ1n) is 8.93. The molecule has 3 aromatic rings. The molecule has 2 heterocycles. The number of aromatic nitrogens is 2. The van der Waals surface area contributed by atoms with Crippen LogP contribution < -0.4 is 14.2 Å². The molecule has 1 aromatic carbocycles. The molecule has 0 fully saturated rings. The van der Waals surface area contributed by atoms with E-state index in [1.165, 1.54) is 31.5 Å². The molecule has 0 unspecified atom stereocenters. The zero-order chi connectivity index (χ0) is 23.6. The van der Waals surface area contributed by atoms with Gasteiger partial charge < -0.3 is 14.2 Å². The molecule has 0 saturated heterocycles. The Bertz CT molecular complexity index is 1180. The first-order chi connectivity index (χ1) is 15.2. The van der Waals surface area contributed by atoms with Crippen molar-refractivity contribution in [1.29, 1.82) is 0 Å². The highest BCUT2D eigenvalue weighted by Gasteiger charge is 2.27. The summed E-state index contributed by atoms with van der Waals surface area (Å²) in [6.45, 7) is 0.694. The number of hydrogen-bond acceptors (Lipinski definition) is 6. The van der Waals surface area contributed by atoms with Gasteiger partial charge in [-0.1, -0.05) is 17.7 Å². The van der Waals surface area contributed by atoms with Crippen molar-refractivity contribution in [2.45, 2.75) is 13.5 Å². The molecule has 3 rings (SSSR count). The molecule has 0 aliphatic rings. The minimum Gasteiger partial charge on any atom is -0.491 e. The molecule has 0 bridgehead atoms. The number of ether oxygens (including phenoxy) is 3. The molecule has 0 atom stereocenters. The molecule has 6 nitrogen and oxygen atoms in total. The number of hydrogen-bond donors (Lipinski definition) is 0. The maximum Gasteiger partial charge on any atom is 0.224 e. The zero-order valence-corrected chi connectivity index (χ0v) is 17.7.